The van der Waals surface area contributed by atoms with Crippen molar-refractivity contribution in [2.75, 3.05) is 23.4 Å². The van der Waals surface area contributed by atoms with Gasteiger partial charge in [0.05, 0.1) is 18.4 Å². The molecular formula is C23H21N3O4. The fraction of sp³-hybridized carbons (Fsp3) is 0.174. The normalized spacial score (nSPS) is 13.1. The first-order valence-corrected chi connectivity index (χ1v) is 9.57. The number of benzene rings is 2. The van der Waals surface area contributed by atoms with Gasteiger partial charge in [-0.3, -0.25) is 9.69 Å². The average molecular weight is 403 g/mol. The van der Waals surface area contributed by atoms with Crippen LogP contribution in [0.3, 0.4) is 0 Å². The van der Waals surface area contributed by atoms with E-state index in [9.17, 15) is 9.59 Å². The number of cyclic esters (lactones) is 1. The molecule has 1 aromatic heterocycles. The van der Waals surface area contributed by atoms with E-state index in [0.717, 1.165) is 16.9 Å². The second-order valence-corrected chi connectivity index (χ2v) is 6.95. The zero-order valence-corrected chi connectivity index (χ0v) is 16.7. The smallest absolute Gasteiger partial charge is 0.414 e. The molecule has 3 aromatic rings. The molecule has 1 N–H and O–H groups in total. The summed E-state index contributed by atoms with van der Waals surface area (Å²) >= 11 is 0. The highest BCUT2D eigenvalue weighted by Gasteiger charge is 2.23. The number of aromatic nitrogens is 1. The van der Waals surface area contributed by atoms with Gasteiger partial charge < -0.3 is 14.8 Å². The third-order valence-corrected chi connectivity index (χ3v) is 4.97. The molecule has 1 fully saturated rings. The first kappa shape index (κ1) is 19.4. The van der Waals surface area contributed by atoms with E-state index in [1.54, 1.807) is 42.6 Å². The molecule has 0 bridgehead atoms. The Balaban J connectivity index is 1.40. The Hall–Kier alpha value is -3.87. The van der Waals surface area contributed by atoms with Gasteiger partial charge in [0.2, 0.25) is 5.88 Å². The maximum Gasteiger partial charge on any atom is 0.414 e. The lowest BCUT2D eigenvalue weighted by atomic mass is 10.1. The van der Waals surface area contributed by atoms with Gasteiger partial charge in [-0.25, -0.2) is 9.78 Å². The highest BCUT2D eigenvalue weighted by molar-refractivity contribution is 6.04. The number of nitrogens with one attached hydrogen (secondary N) is 1. The van der Waals surface area contributed by atoms with Gasteiger partial charge in [-0.1, -0.05) is 12.1 Å². The Kier molecular flexibility index (Phi) is 5.34. The van der Waals surface area contributed by atoms with E-state index in [-0.39, 0.29) is 12.0 Å². The molecule has 0 saturated carbocycles. The highest BCUT2D eigenvalue weighted by atomic mass is 16.6. The lowest BCUT2D eigenvalue weighted by Gasteiger charge is -2.13. The molecule has 0 unspecified atom stereocenters. The summed E-state index contributed by atoms with van der Waals surface area (Å²) in [6.07, 6.45) is 1.17. The maximum absolute atomic E-state index is 12.5. The van der Waals surface area contributed by atoms with Crippen molar-refractivity contribution in [3.05, 3.63) is 77.5 Å². The molecule has 2 heterocycles. The number of pyridine rings is 1. The van der Waals surface area contributed by atoms with Crippen LogP contribution in [0.5, 0.6) is 11.6 Å². The van der Waals surface area contributed by atoms with Gasteiger partial charge in [0.15, 0.2) is 0 Å². The van der Waals surface area contributed by atoms with Crippen LogP contribution < -0.4 is 15.0 Å². The van der Waals surface area contributed by atoms with E-state index in [2.05, 4.69) is 10.3 Å². The van der Waals surface area contributed by atoms with Crippen LogP contribution in [0.15, 0.2) is 60.8 Å². The van der Waals surface area contributed by atoms with Gasteiger partial charge >= 0.3 is 6.09 Å². The maximum atomic E-state index is 12.5. The molecule has 4 rings (SSSR count). The van der Waals surface area contributed by atoms with Crippen LogP contribution in [0.4, 0.5) is 16.2 Å². The molecule has 30 heavy (non-hydrogen) atoms. The summed E-state index contributed by atoms with van der Waals surface area (Å²) in [5, 5.41) is 2.81. The second kappa shape index (κ2) is 8.24. The van der Waals surface area contributed by atoms with Crippen LogP contribution in [0.1, 0.15) is 21.5 Å². The van der Waals surface area contributed by atoms with E-state index in [4.69, 9.17) is 9.47 Å². The summed E-state index contributed by atoms with van der Waals surface area (Å²) in [4.78, 5) is 29.9. The van der Waals surface area contributed by atoms with Crippen LogP contribution in [-0.2, 0) is 4.74 Å². The van der Waals surface area contributed by atoms with Crippen molar-refractivity contribution in [3.8, 4) is 11.6 Å². The Morgan fingerprint density at radius 3 is 2.57 bits per heavy atom. The van der Waals surface area contributed by atoms with Crippen molar-refractivity contribution in [1.82, 2.24) is 4.98 Å². The highest BCUT2D eigenvalue weighted by Crippen LogP contribution is 2.26. The van der Waals surface area contributed by atoms with Gasteiger partial charge in [0.25, 0.3) is 5.91 Å². The molecular weight excluding hydrogens is 382 g/mol. The van der Waals surface area contributed by atoms with Crippen LogP contribution >= 0.6 is 0 Å². The number of hydrogen-bond donors (Lipinski definition) is 1. The minimum atomic E-state index is -0.374. The molecule has 7 heteroatoms. The number of rotatable bonds is 5. The summed E-state index contributed by atoms with van der Waals surface area (Å²) in [5.41, 5.74) is 3.93. The molecule has 1 aliphatic rings. The fourth-order valence-corrected chi connectivity index (χ4v) is 3.09. The largest absolute Gasteiger partial charge is 0.447 e. The van der Waals surface area contributed by atoms with E-state index < -0.39 is 0 Å². The van der Waals surface area contributed by atoms with Crippen LogP contribution in [-0.4, -0.2) is 30.1 Å². The van der Waals surface area contributed by atoms with Crippen molar-refractivity contribution in [2.45, 2.75) is 13.8 Å². The quantitative estimate of drug-likeness (QED) is 0.668. The van der Waals surface area contributed by atoms with Crippen molar-refractivity contribution in [2.24, 2.45) is 0 Å². The summed E-state index contributed by atoms with van der Waals surface area (Å²) in [5.74, 6) is 0.931. The van der Waals surface area contributed by atoms with E-state index in [1.165, 1.54) is 4.90 Å². The van der Waals surface area contributed by atoms with E-state index in [1.807, 2.05) is 32.0 Å². The van der Waals surface area contributed by atoms with Crippen molar-refractivity contribution < 1.29 is 19.1 Å². The third-order valence-electron chi connectivity index (χ3n) is 4.97. The van der Waals surface area contributed by atoms with Gasteiger partial charge in [0.1, 0.15) is 12.4 Å². The first-order valence-electron chi connectivity index (χ1n) is 9.57. The van der Waals surface area contributed by atoms with Crippen LogP contribution in [0.2, 0.25) is 0 Å². The number of anilines is 2. The topological polar surface area (TPSA) is 80.8 Å². The molecule has 2 amide bonds. The standard InChI is InChI=1S/C23H21N3O4/c1-15-4-3-5-20(16(15)2)30-21-11-8-18(14-24-21)25-22(27)17-6-9-19(10-7-17)26-12-13-29-23(26)28/h3-11,14H,12-13H2,1-2H3,(H,25,27). The third kappa shape index (κ3) is 4.10. The molecule has 152 valence electrons. The number of amides is 2. The summed E-state index contributed by atoms with van der Waals surface area (Å²) in [7, 11) is 0. The van der Waals surface area contributed by atoms with E-state index in [0.29, 0.717) is 36.0 Å². The first-order chi connectivity index (χ1) is 14.5. The van der Waals surface area contributed by atoms with Crippen LogP contribution in [0.25, 0.3) is 0 Å². The summed E-state index contributed by atoms with van der Waals surface area (Å²) in [6, 6.07) is 16.1. The van der Waals surface area contributed by atoms with Crippen molar-refractivity contribution in [3.63, 3.8) is 0 Å². The Morgan fingerprint density at radius 1 is 1.10 bits per heavy atom. The summed E-state index contributed by atoms with van der Waals surface area (Å²) < 4.78 is 10.8. The van der Waals surface area contributed by atoms with Gasteiger partial charge in [-0.2, -0.15) is 0 Å². The van der Waals surface area contributed by atoms with E-state index >= 15 is 0 Å². The number of hydrogen-bond acceptors (Lipinski definition) is 5. The lowest BCUT2D eigenvalue weighted by molar-refractivity contribution is 0.102. The Labute approximate surface area is 174 Å². The summed E-state index contributed by atoms with van der Waals surface area (Å²) in [6.45, 7) is 4.90. The molecule has 7 nitrogen and oxygen atoms in total. The zero-order chi connectivity index (χ0) is 21.1. The Bertz CT molecular complexity index is 1080. The monoisotopic (exact) mass is 403 g/mol. The van der Waals surface area contributed by atoms with Crippen molar-refractivity contribution in [1.29, 1.82) is 0 Å². The van der Waals surface area contributed by atoms with Crippen molar-refractivity contribution >= 4 is 23.4 Å². The molecule has 2 aromatic carbocycles. The van der Waals surface area contributed by atoms with Gasteiger partial charge in [-0.15, -0.1) is 0 Å². The number of aryl methyl sites for hydroxylation is 1. The average Bonchev–Trinajstić information content (AvgIpc) is 3.19. The number of nitrogens with zero attached hydrogens (tertiary/aromatic N) is 2. The number of carbonyl (C=O) groups is 2. The molecule has 1 aliphatic heterocycles. The predicted octanol–water partition coefficient (Wildman–Crippen LogP) is 4.70. The number of ether oxygens (including phenoxy) is 2. The SMILES string of the molecule is Cc1cccc(Oc2ccc(NC(=O)c3ccc(N4CCOC4=O)cc3)cn2)c1C. The zero-order valence-electron chi connectivity index (χ0n) is 16.7. The van der Waals surface area contributed by atoms with Crippen LogP contribution in [0, 0.1) is 13.8 Å². The minimum Gasteiger partial charge on any atom is -0.447 e. The minimum absolute atomic E-state index is 0.268. The second-order valence-electron chi connectivity index (χ2n) is 6.95. The molecule has 0 radical (unpaired) electrons. The predicted molar refractivity (Wildman–Crippen MR) is 113 cm³/mol. The van der Waals surface area contributed by atoms with Gasteiger partial charge in [0, 0.05) is 17.3 Å². The molecule has 0 aliphatic carbocycles. The Morgan fingerprint density at radius 2 is 1.90 bits per heavy atom. The lowest BCUT2D eigenvalue weighted by Crippen LogP contribution is -2.23. The van der Waals surface area contributed by atoms with Gasteiger partial charge in [-0.05, 0) is 61.4 Å². The molecule has 0 spiro atoms. The fourth-order valence-electron chi connectivity index (χ4n) is 3.09. The molecule has 0 atom stereocenters. The molecule has 1 saturated heterocycles. The number of carbonyl (C=O) groups excluding carboxylic acids is 2.